The number of carbonyl (C=O) groups excluding carboxylic acids is 1. The molecule has 2 atom stereocenters. The number of amides is 1. The first-order chi connectivity index (χ1) is 7.73. The molecule has 0 saturated heterocycles. The maximum atomic E-state index is 11.6. The standard InChI is InChI=1S/C13H29N3O/c1-7-8-11(4)16(6)9-13(5,12(14)17)15-10(2)3/h10-11,15H,7-9H2,1-6H3,(H2,14,17). The molecule has 3 N–H and O–H groups in total. The summed E-state index contributed by atoms with van der Waals surface area (Å²) in [4.78, 5) is 13.8. The van der Waals surface area contributed by atoms with E-state index in [1.54, 1.807) is 0 Å². The van der Waals surface area contributed by atoms with E-state index < -0.39 is 5.54 Å². The average Bonchev–Trinajstić information content (AvgIpc) is 2.16. The summed E-state index contributed by atoms with van der Waals surface area (Å²) >= 11 is 0. The van der Waals surface area contributed by atoms with E-state index in [0.29, 0.717) is 12.6 Å². The molecule has 0 aromatic heterocycles. The van der Waals surface area contributed by atoms with Crippen LogP contribution >= 0.6 is 0 Å². The summed E-state index contributed by atoms with van der Waals surface area (Å²) in [6.07, 6.45) is 2.28. The number of rotatable bonds is 8. The molecule has 4 nitrogen and oxygen atoms in total. The molecule has 0 aromatic rings. The second kappa shape index (κ2) is 6.97. The summed E-state index contributed by atoms with van der Waals surface area (Å²) in [5.41, 5.74) is 4.85. The molecule has 0 aliphatic carbocycles. The molecule has 0 saturated carbocycles. The average molecular weight is 243 g/mol. The minimum atomic E-state index is -0.662. The van der Waals surface area contributed by atoms with Crippen LogP contribution in [0.2, 0.25) is 0 Å². The zero-order valence-electron chi connectivity index (χ0n) is 12.2. The highest BCUT2D eigenvalue weighted by atomic mass is 16.1. The Morgan fingerprint density at radius 1 is 1.41 bits per heavy atom. The van der Waals surface area contributed by atoms with Crippen molar-refractivity contribution in [3.8, 4) is 0 Å². The minimum Gasteiger partial charge on any atom is -0.368 e. The highest BCUT2D eigenvalue weighted by Gasteiger charge is 2.33. The number of nitrogens with two attached hydrogens (primary N) is 1. The summed E-state index contributed by atoms with van der Waals surface area (Å²) < 4.78 is 0. The molecule has 0 fully saturated rings. The van der Waals surface area contributed by atoms with Crippen LogP contribution in [0, 0.1) is 0 Å². The Labute approximate surface area is 106 Å². The van der Waals surface area contributed by atoms with E-state index >= 15 is 0 Å². The number of hydrogen-bond acceptors (Lipinski definition) is 3. The van der Waals surface area contributed by atoms with Gasteiger partial charge in [-0.15, -0.1) is 0 Å². The summed E-state index contributed by atoms with van der Waals surface area (Å²) in [6.45, 7) is 10.9. The van der Waals surface area contributed by atoms with Crippen LogP contribution in [-0.2, 0) is 4.79 Å². The van der Waals surface area contributed by atoms with E-state index in [-0.39, 0.29) is 11.9 Å². The molecule has 0 spiro atoms. The number of hydrogen-bond donors (Lipinski definition) is 2. The van der Waals surface area contributed by atoms with Crippen LogP contribution in [0.4, 0.5) is 0 Å². The molecule has 0 radical (unpaired) electrons. The Hall–Kier alpha value is -0.610. The Balaban J connectivity index is 4.59. The molecule has 102 valence electrons. The number of nitrogens with one attached hydrogen (secondary N) is 1. The molecule has 1 amide bonds. The van der Waals surface area contributed by atoms with Crippen molar-refractivity contribution in [3.05, 3.63) is 0 Å². The highest BCUT2D eigenvalue weighted by molar-refractivity contribution is 5.84. The van der Waals surface area contributed by atoms with Crippen LogP contribution in [0.15, 0.2) is 0 Å². The van der Waals surface area contributed by atoms with Crippen LogP contribution in [0.25, 0.3) is 0 Å². The van der Waals surface area contributed by atoms with Gasteiger partial charge in [0.05, 0.1) is 0 Å². The lowest BCUT2D eigenvalue weighted by Crippen LogP contribution is -2.61. The van der Waals surface area contributed by atoms with E-state index in [2.05, 4.69) is 24.1 Å². The molecule has 0 aliphatic rings. The lowest BCUT2D eigenvalue weighted by atomic mass is 9.98. The van der Waals surface area contributed by atoms with Crippen molar-refractivity contribution in [3.63, 3.8) is 0 Å². The third-order valence-electron chi connectivity index (χ3n) is 3.18. The molecular formula is C13H29N3O. The first kappa shape index (κ1) is 16.4. The van der Waals surface area contributed by atoms with Crippen molar-refractivity contribution in [2.24, 2.45) is 5.73 Å². The first-order valence-electron chi connectivity index (χ1n) is 6.50. The summed E-state index contributed by atoms with van der Waals surface area (Å²) in [7, 11) is 2.05. The number of primary amides is 1. The smallest absolute Gasteiger partial charge is 0.238 e. The third-order valence-corrected chi connectivity index (χ3v) is 3.18. The normalized spacial score (nSPS) is 17.2. The predicted molar refractivity (Wildman–Crippen MR) is 72.9 cm³/mol. The van der Waals surface area contributed by atoms with Gasteiger partial charge in [0.2, 0.25) is 5.91 Å². The van der Waals surface area contributed by atoms with Gasteiger partial charge in [0.1, 0.15) is 5.54 Å². The molecule has 0 aliphatic heterocycles. The molecule has 4 heteroatoms. The van der Waals surface area contributed by atoms with Gasteiger partial charge in [0, 0.05) is 18.6 Å². The third kappa shape index (κ3) is 5.50. The van der Waals surface area contributed by atoms with Gasteiger partial charge in [-0.1, -0.05) is 13.3 Å². The summed E-state index contributed by atoms with van der Waals surface area (Å²) in [5, 5.41) is 3.27. The van der Waals surface area contributed by atoms with Crippen molar-refractivity contribution in [1.82, 2.24) is 10.2 Å². The van der Waals surface area contributed by atoms with E-state index in [1.165, 1.54) is 0 Å². The van der Waals surface area contributed by atoms with E-state index in [1.807, 2.05) is 27.8 Å². The molecule has 0 aromatic carbocycles. The van der Waals surface area contributed by atoms with Crippen LogP contribution in [0.1, 0.15) is 47.5 Å². The topological polar surface area (TPSA) is 58.4 Å². The Morgan fingerprint density at radius 3 is 2.29 bits per heavy atom. The van der Waals surface area contributed by atoms with Crippen molar-refractivity contribution in [1.29, 1.82) is 0 Å². The monoisotopic (exact) mass is 243 g/mol. The fourth-order valence-electron chi connectivity index (χ4n) is 2.12. The highest BCUT2D eigenvalue weighted by Crippen LogP contribution is 2.11. The van der Waals surface area contributed by atoms with Gasteiger partial charge in [0.15, 0.2) is 0 Å². The van der Waals surface area contributed by atoms with E-state index in [4.69, 9.17) is 5.73 Å². The van der Waals surface area contributed by atoms with Gasteiger partial charge >= 0.3 is 0 Å². The van der Waals surface area contributed by atoms with Gasteiger partial charge < -0.3 is 16.0 Å². The minimum absolute atomic E-state index is 0.238. The zero-order chi connectivity index (χ0) is 13.6. The fraction of sp³-hybridized carbons (Fsp3) is 0.923. The largest absolute Gasteiger partial charge is 0.368 e. The van der Waals surface area contributed by atoms with Crippen LogP contribution in [0.5, 0.6) is 0 Å². The lowest BCUT2D eigenvalue weighted by molar-refractivity contribution is -0.125. The Morgan fingerprint density at radius 2 is 1.94 bits per heavy atom. The second-order valence-corrected chi connectivity index (χ2v) is 5.55. The van der Waals surface area contributed by atoms with Crippen molar-refractivity contribution < 1.29 is 4.79 Å². The maximum Gasteiger partial charge on any atom is 0.238 e. The first-order valence-corrected chi connectivity index (χ1v) is 6.50. The molecule has 0 heterocycles. The van der Waals surface area contributed by atoms with Crippen LogP contribution in [-0.4, -0.2) is 42.0 Å². The zero-order valence-corrected chi connectivity index (χ0v) is 12.2. The van der Waals surface area contributed by atoms with E-state index in [0.717, 1.165) is 12.8 Å². The van der Waals surface area contributed by atoms with Crippen LogP contribution in [0.3, 0.4) is 0 Å². The van der Waals surface area contributed by atoms with Crippen molar-refractivity contribution in [2.45, 2.75) is 65.1 Å². The summed E-state index contributed by atoms with van der Waals surface area (Å²) in [6, 6.07) is 0.704. The van der Waals surface area contributed by atoms with Crippen molar-refractivity contribution >= 4 is 5.91 Å². The fourth-order valence-corrected chi connectivity index (χ4v) is 2.12. The van der Waals surface area contributed by atoms with Gasteiger partial charge in [-0.25, -0.2) is 0 Å². The second-order valence-electron chi connectivity index (χ2n) is 5.55. The van der Waals surface area contributed by atoms with Crippen molar-refractivity contribution in [2.75, 3.05) is 13.6 Å². The van der Waals surface area contributed by atoms with Gasteiger partial charge in [-0.3, -0.25) is 4.79 Å². The molecular weight excluding hydrogens is 214 g/mol. The molecule has 0 rings (SSSR count). The number of nitrogens with zero attached hydrogens (tertiary/aromatic N) is 1. The Bertz CT molecular complexity index is 243. The lowest BCUT2D eigenvalue weighted by Gasteiger charge is -2.36. The van der Waals surface area contributed by atoms with Crippen LogP contribution < -0.4 is 11.1 Å². The van der Waals surface area contributed by atoms with E-state index in [9.17, 15) is 4.79 Å². The molecule has 0 bridgehead atoms. The quantitative estimate of drug-likeness (QED) is 0.676. The molecule has 17 heavy (non-hydrogen) atoms. The van der Waals surface area contributed by atoms with Gasteiger partial charge in [0.25, 0.3) is 0 Å². The van der Waals surface area contributed by atoms with Gasteiger partial charge in [-0.2, -0.15) is 0 Å². The predicted octanol–water partition coefficient (Wildman–Crippen LogP) is 1.35. The maximum absolute atomic E-state index is 11.6. The molecule has 2 unspecified atom stereocenters. The number of likely N-dealkylation sites (N-methyl/N-ethyl adjacent to an activating group) is 1. The summed E-state index contributed by atoms with van der Waals surface area (Å²) in [5.74, 6) is -0.290. The van der Waals surface area contributed by atoms with Gasteiger partial charge in [-0.05, 0) is 41.2 Å². The number of carbonyl (C=O) groups is 1. The Kier molecular flexibility index (Phi) is 6.72. The SMILES string of the molecule is CCCC(C)N(C)CC(C)(NC(C)C)C(N)=O.